The highest BCUT2D eigenvalue weighted by molar-refractivity contribution is 5.83. The molecule has 4 heteroatoms. The molecule has 0 radical (unpaired) electrons. The van der Waals surface area contributed by atoms with E-state index in [1.165, 1.54) is 0 Å². The highest BCUT2D eigenvalue weighted by Gasteiger charge is 2.09. The molecule has 4 nitrogen and oxygen atoms in total. The molecule has 0 spiro atoms. The second-order valence-electron chi connectivity index (χ2n) is 3.56. The van der Waals surface area contributed by atoms with Gasteiger partial charge in [0.25, 0.3) is 0 Å². The minimum Gasteiger partial charge on any atom is -0.467 e. The van der Waals surface area contributed by atoms with Gasteiger partial charge in [0.15, 0.2) is 6.79 Å². The van der Waals surface area contributed by atoms with E-state index in [4.69, 9.17) is 19.6 Å². The van der Waals surface area contributed by atoms with Crippen molar-refractivity contribution in [1.29, 1.82) is 0 Å². The van der Waals surface area contributed by atoms with Crippen LogP contribution in [0.5, 0.6) is 5.75 Å². The third kappa shape index (κ3) is 1.89. The molecular formula is C12H15NO3. The predicted molar refractivity (Wildman–Crippen MR) is 61.3 cm³/mol. The zero-order valence-corrected chi connectivity index (χ0v) is 9.45. The number of furan rings is 1. The molecule has 0 aliphatic heterocycles. The summed E-state index contributed by atoms with van der Waals surface area (Å²) < 4.78 is 15.8. The Morgan fingerprint density at radius 1 is 1.38 bits per heavy atom. The number of methoxy groups -OCH3 is 1. The lowest BCUT2D eigenvalue weighted by molar-refractivity contribution is 0.0512. The monoisotopic (exact) mass is 221 g/mol. The SMILES string of the molecule is COCOc1ccc2c(C)c(CN)oc2c1. The fraction of sp³-hybridized carbons (Fsp3) is 0.333. The molecule has 0 amide bonds. The van der Waals surface area contributed by atoms with Crippen LogP contribution in [0, 0.1) is 6.92 Å². The molecule has 2 N–H and O–H groups in total. The van der Waals surface area contributed by atoms with Gasteiger partial charge in [0.05, 0.1) is 6.54 Å². The second kappa shape index (κ2) is 4.55. The van der Waals surface area contributed by atoms with Crippen molar-refractivity contribution >= 4 is 11.0 Å². The maximum Gasteiger partial charge on any atom is 0.188 e. The summed E-state index contributed by atoms with van der Waals surface area (Å²) in [6.07, 6.45) is 0. The number of aryl methyl sites for hydroxylation is 1. The lowest BCUT2D eigenvalue weighted by Crippen LogP contribution is -1.98. The molecule has 86 valence electrons. The van der Waals surface area contributed by atoms with Gasteiger partial charge in [0, 0.05) is 18.6 Å². The van der Waals surface area contributed by atoms with Crippen LogP contribution in [0.1, 0.15) is 11.3 Å². The Bertz CT molecular complexity index is 490. The first-order chi connectivity index (χ1) is 7.76. The van der Waals surface area contributed by atoms with Crippen molar-refractivity contribution in [2.24, 2.45) is 5.73 Å². The van der Waals surface area contributed by atoms with Gasteiger partial charge in [-0.25, -0.2) is 0 Å². The average Bonchev–Trinajstić information content (AvgIpc) is 2.63. The molecule has 1 heterocycles. The van der Waals surface area contributed by atoms with Crippen LogP contribution in [-0.2, 0) is 11.3 Å². The van der Waals surface area contributed by atoms with Crippen molar-refractivity contribution in [1.82, 2.24) is 0 Å². The van der Waals surface area contributed by atoms with Gasteiger partial charge in [-0.2, -0.15) is 0 Å². The Hall–Kier alpha value is -1.52. The molecule has 0 fully saturated rings. The van der Waals surface area contributed by atoms with Crippen LogP contribution in [0.2, 0.25) is 0 Å². The summed E-state index contributed by atoms with van der Waals surface area (Å²) >= 11 is 0. The van der Waals surface area contributed by atoms with Gasteiger partial charge in [-0.05, 0) is 24.6 Å². The van der Waals surface area contributed by atoms with Crippen LogP contribution in [-0.4, -0.2) is 13.9 Å². The third-order valence-corrected chi connectivity index (χ3v) is 2.54. The smallest absolute Gasteiger partial charge is 0.188 e. The van der Waals surface area contributed by atoms with Crippen LogP contribution >= 0.6 is 0 Å². The van der Waals surface area contributed by atoms with Gasteiger partial charge in [-0.1, -0.05) is 0 Å². The number of ether oxygens (including phenoxy) is 2. The number of nitrogens with two attached hydrogens (primary N) is 1. The van der Waals surface area contributed by atoms with Crippen LogP contribution in [0.25, 0.3) is 11.0 Å². The molecule has 0 saturated heterocycles. The van der Waals surface area contributed by atoms with Crippen molar-refractivity contribution in [3.63, 3.8) is 0 Å². The van der Waals surface area contributed by atoms with Gasteiger partial charge >= 0.3 is 0 Å². The maximum atomic E-state index is 5.62. The molecule has 0 atom stereocenters. The minimum absolute atomic E-state index is 0.231. The largest absolute Gasteiger partial charge is 0.467 e. The van der Waals surface area contributed by atoms with Gasteiger partial charge in [-0.3, -0.25) is 0 Å². The fourth-order valence-corrected chi connectivity index (χ4v) is 1.67. The number of benzene rings is 1. The van der Waals surface area contributed by atoms with E-state index in [-0.39, 0.29) is 6.79 Å². The van der Waals surface area contributed by atoms with E-state index >= 15 is 0 Å². The van der Waals surface area contributed by atoms with Crippen LogP contribution < -0.4 is 10.5 Å². The number of hydrogen-bond donors (Lipinski definition) is 1. The topological polar surface area (TPSA) is 57.6 Å². The van der Waals surface area contributed by atoms with E-state index in [1.807, 2.05) is 25.1 Å². The normalized spacial score (nSPS) is 10.9. The Labute approximate surface area is 93.9 Å². The Morgan fingerprint density at radius 3 is 2.88 bits per heavy atom. The highest BCUT2D eigenvalue weighted by Crippen LogP contribution is 2.28. The standard InChI is InChI=1S/C12H15NO3/c1-8-10-4-3-9(15-7-14-2)5-11(10)16-12(8)6-13/h3-5H,6-7,13H2,1-2H3. The molecule has 1 aromatic carbocycles. The molecule has 0 saturated carbocycles. The summed E-state index contributed by atoms with van der Waals surface area (Å²) in [4.78, 5) is 0. The van der Waals surface area contributed by atoms with Gasteiger partial charge < -0.3 is 19.6 Å². The van der Waals surface area contributed by atoms with E-state index < -0.39 is 0 Å². The summed E-state index contributed by atoms with van der Waals surface area (Å²) in [6, 6.07) is 5.71. The number of fused-ring (bicyclic) bond motifs is 1. The molecule has 0 unspecified atom stereocenters. The summed E-state index contributed by atoms with van der Waals surface area (Å²) in [5.74, 6) is 1.55. The Kier molecular flexibility index (Phi) is 3.12. The van der Waals surface area contributed by atoms with E-state index in [2.05, 4.69) is 0 Å². The van der Waals surface area contributed by atoms with E-state index in [0.29, 0.717) is 6.54 Å². The molecule has 2 rings (SSSR count). The van der Waals surface area contributed by atoms with Crippen LogP contribution in [0.15, 0.2) is 22.6 Å². The van der Waals surface area contributed by atoms with E-state index in [1.54, 1.807) is 7.11 Å². The minimum atomic E-state index is 0.231. The molecule has 0 bridgehead atoms. The zero-order chi connectivity index (χ0) is 11.5. The maximum absolute atomic E-state index is 5.62. The quantitative estimate of drug-likeness (QED) is 0.804. The highest BCUT2D eigenvalue weighted by atomic mass is 16.7. The lowest BCUT2D eigenvalue weighted by atomic mass is 10.1. The second-order valence-corrected chi connectivity index (χ2v) is 3.56. The van der Waals surface area contributed by atoms with E-state index in [0.717, 1.165) is 28.0 Å². The van der Waals surface area contributed by atoms with Gasteiger partial charge in [0.2, 0.25) is 0 Å². The first-order valence-corrected chi connectivity index (χ1v) is 5.10. The van der Waals surface area contributed by atoms with Crippen molar-refractivity contribution in [3.8, 4) is 5.75 Å². The molecule has 0 aliphatic rings. The zero-order valence-electron chi connectivity index (χ0n) is 9.45. The lowest BCUT2D eigenvalue weighted by Gasteiger charge is -2.03. The molecule has 16 heavy (non-hydrogen) atoms. The predicted octanol–water partition coefficient (Wildman–Crippen LogP) is 2.18. The first kappa shape index (κ1) is 11.0. The first-order valence-electron chi connectivity index (χ1n) is 5.10. The summed E-state index contributed by atoms with van der Waals surface area (Å²) in [5.41, 5.74) is 7.48. The van der Waals surface area contributed by atoms with Gasteiger partial charge in [0.1, 0.15) is 17.1 Å². The molecule has 2 aromatic rings. The van der Waals surface area contributed by atoms with Crippen molar-refractivity contribution in [2.45, 2.75) is 13.5 Å². The molecule has 1 aromatic heterocycles. The number of rotatable bonds is 4. The molecular weight excluding hydrogens is 206 g/mol. The summed E-state index contributed by atoms with van der Waals surface area (Å²) in [7, 11) is 1.59. The average molecular weight is 221 g/mol. The molecule has 0 aliphatic carbocycles. The summed E-state index contributed by atoms with van der Waals surface area (Å²) in [6.45, 7) is 2.65. The van der Waals surface area contributed by atoms with Crippen molar-refractivity contribution in [2.75, 3.05) is 13.9 Å². The Morgan fingerprint density at radius 2 is 2.19 bits per heavy atom. The summed E-state index contributed by atoms with van der Waals surface area (Å²) in [5, 5.41) is 1.07. The third-order valence-electron chi connectivity index (χ3n) is 2.54. The van der Waals surface area contributed by atoms with Crippen LogP contribution in [0.3, 0.4) is 0 Å². The van der Waals surface area contributed by atoms with Crippen LogP contribution in [0.4, 0.5) is 0 Å². The van der Waals surface area contributed by atoms with Gasteiger partial charge in [-0.15, -0.1) is 0 Å². The number of hydrogen-bond acceptors (Lipinski definition) is 4. The van der Waals surface area contributed by atoms with E-state index in [9.17, 15) is 0 Å². The van der Waals surface area contributed by atoms with Crippen molar-refractivity contribution in [3.05, 3.63) is 29.5 Å². The van der Waals surface area contributed by atoms with Crippen molar-refractivity contribution < 1.29 is 13.9 Å². The Balaban J connectivity index is 2.38. The fourth-order valence-electron chi connectivity index (χ4n) is 1.67.